The molecule has 1 aromatic carbocycles. The Balaban J connectivity index is 1.79. The van der Waals surface area contributed by atoms with Crippen LogP contribution in [0.3, 0.4) is 0 Å². The lowest BCUT2D eigenvalue weighted by molar-refractivity contribution is 0.0364. The van der Waals surface area contributed by atoms with Crippen LogP contribution in [0.25, 0.3) is 20.4 Å². The first-order valence-corrected chi connectivity index (χ1v) is 8.74. The smallest absolute Gasteiger partial charge is 0.272 e. The molecule has 23 heavy (non-hydrogen) atoms. The lowest BCUT2D eigenvalue weighted by Gasteiger charge is -2.26. The number of thiophene rings is 1. The second kappa shape index (κ2) is 6.03. The minimum Gasteiger partial charge on any atom is -0.379 e. The Morgan fingerprint density at radius 2 is 2.00 bits per heavy atom. The molecule has 0 aliphatic carbocycles. The van der Waals surface area contributed by atoms with E-state index in [2.05, 4.69) is 22.0 Å². The van der Waals surface area contributed by atoms with Crippen molar-refractivity contribution in [2.75, 3.05) is 32.8 Å². The van der Waals surface area contributed by atoms with E-state index in [4.69, 9.17) is 4.74 Å². The summed E-state index contributed by atoms with van der Waals surface area (Å²) in [4.78, 5) is 20.5. The van der Waals surface area contributed by atoms with Gasteiger partial charge in [-0.15, -0.1) is 11.3 Å². The Morgan fingerprint density at radius 3 is 2.83 bits per heavy atom. The molecule has 0 amide bonds. The number of hydrogen-bond donors (Lipinski definition) is 0. The van der Waals surface area contributed by atoms with Crippen LogP contribution in [-0.4, -0.2) is 47.3 Å². The highest BCUT2D eigenvalue weighted by Gasteiger charge is 2.16. The van der Waals surface area contributed by atoms with Crippen LogP contribution in [0.2, 0.25) is 0 Å². The average Bonchev–Trinajstić information content (AvgIpc) is 2.94. The molecular weight excluding hydrogens is 310 g/mol. The summed E-state index contributed by atoms with van der Waals surface area (Å²) < 4.78 is 8.48. The fourth-order valence-electron chi connectivity index (χ4n) is 3.13. The molecule has 5 nitrogen and oxygen atoms in total. The van der Waals surface area contributed by atoms with Crippen molar-refractivity contribution in [3.05, 3.63) is 40.3 Å². The van der Waals surface area contributed by atoms with Crippen molar-refractivity contribution in [3.8, 4) is 0 Å². The molecule has 6 heteroatoms. The van der Waals surface area contributed by atoms with Crippen LogP contribution >= 0.6 is 11.3 Å². The summed E-state index contributed by atoms with van der Waals surface area (Å²) in [5, 5.41) is 1.12. The molecule has 1 saturated heterocycles. The van der Waals surface area contributed by atoms with Gasteiger partial charge in [-0.05, 0) is 13.0 Å². The first-order chi connectivity index (χ1) is 11.2. The molecule has 0 spiro atoms. The summed E-state index contributed by atoms with van der Waals surface area (Å²) in [6, 6.07) is 8.22. The van der Waals surface area contributed by atoms with Crippen LogP contribution in [-0.2, 0) is 11.3 Å². The fourth-order valence-corrected chi connectivity index (χ4v) is 4.26. The SMILES string of the molecule is Cc1nc2sc3ccccc3c2n(CCN2CCOCC2)c1=O. The minimum absolute atomic E-state index is 0.0225. The number of morpholine rings is 1. The molecule has 1 fully saturated rings. The van der Waals surface area contributed by atoms with Gasteiger partial charge in [-0.1, -0.05) is 18.2 Å². The molecule has 1 aliphatic heterocycles. The quantitative estimate of drug-likeness (QED) is 0.739. The van der Waals surface area contributed by atoms with Gasteiger partial charge >= 0.3 is 0 Å². The van der Waals surface area contributed by atoms with E-state index in [0.29, 0.717) is 12.2 Å². The second-order valence-corrected chi connectivity index (χ2v) is 6.89. The number of aromatic nitrogens is 2. The number of rotatable bonds is 3. The third kappa shape index (κ3) is 2.67. The number of aryl methyl sites for hydroxylation is 1. The number of nitrogens with zero attached hydrogens (tertiary/aromatic N) is 3. The molecule has 0 radical (unpaired) electrons. The third-order valence-electron chi connectivity index (χ3n) is 4.39. The van der Waals surface area contributed by atoms with Gasteiger partial charge in [0, 0.05) is 36.3 Å². The van der Waals surface area contributed by atoms with Crippen LogP contribution in [0, 0.1) is 6.92 Å². The zero-order valence-electron chi connectivity index (χ0n) is 13.1. The van der Waals surface area contributed by atoms with Crippen molar-refractivity contribution >= 4 is 31.8 Å². The third-order valence-corrected chi connectivity index (χ3v) is 5.44. The van der Waals surface area contributed by atoms with Crippen molar-refractivity contribution in [1.29, 1.82) is 0 Å². The van der Waals surface area contributed by atoms with Crippen LogP contribution in [0.1, 0.15) is 5.69 Å². The molecule has 1 aliphatic rings. The number of benzene rings is 1. The Kier molecular flexibility index (Phi) is 3.88. The molecule has 0 N–H and O–H groups in total. The maximum atomic E-state index is 12.7. The van der Waals surface area contributed by atoms with Crippen molar-refractivity contribution in [2.45, 2.75) is 13.5 Å². The Labute approximate surface area is 138 Å². The first-order valence-electron chi connectivity index (χ1n) is 7.93. The maximum absolute atomic E-state index is 12.7. The monoisotopic (exact) mass is 329 g/mol. The second-order valence-electron chi connectivity index (χ2n) is 5.86. The lowest BCUT2D eigenvalue weighted by atomic mass is 10.2. The van der Waals surface area contributed by atoms with E-state index in [-0.39, 0.29) is 5.56 Å². The highest BCUT2D eigenvalue weighted by atomic mass is 32.1. The summed E-state index contributed by atoms with van der Waals surface area (Å²) in [5.41, 5.74) is 1.58. The van der Waals surface area contributed by atoms with E-state index in [1.807, 2.05) is 16.7 Å². The van der Waals surface area contributed by atoms with Gasteiger partial charge in [-0.2, -0.15) is 0 Å². The van der Waals surface area contributed by atoms with Gasteiger partial charge in [-0.3, -0.25) is 9.69 Å². The summed E-state index contributed by atoms with van der Waals surface area (Å²) >= 11 is 1.66. The van der Waals surface area contributed by atoms with E-state index >= 15 is 0 Å². The van der Waals surface area contributed by atoms with Crippen molar-refractivity contribution in [3.63, 3.8) is 0 Å². The lowest BCUT2D eigenvalue weighted by Crippen LogP contribution is -2.39. The standard InChI is InChI=1S/C17H19N3O2S/c1-12-17(21)20(7-6-19-8-10-22-11-9-19)15-13-4-2-3-5-14(13)23-16(15)18-12/h2-5H,6-11H2,1H3. The molecule has 120 valence electrons. The van der Waals surface area contributed by atoms with Crippen molar-refractivity contribution in [2.24, 2.45) is 0 Å². The van der Waals surface area contributed by atoms with E-state index in [1.165, 1.54) is 4.70 Å². The van der Waals surface area contributed by atoms with Gasteiger partial charge in [0.1, 0.15) is 10.5 Å². The van der Waals surface area contributed by atoms with Gasteiger partial charge in [0.05, 0.1) is 18.7 Å². The minimum atomic E-state index is 0.0225. The average molecular weight is 329 g/mol. The largest absolute Gasteiger partial charge is 0.379 e. The van der Waals surface area contributed by atoms with Crippen LogP contribution in [0.4, 0.5) is 0 Å². The Hall–Kier alpha value is -1.76. The van der Waals surface area contributed by atoms with Crippen molar-refractivity contribution < 1.29 is 4.74 Å². The molecular formula is C17H19N3O2S. The highest BCUT2D eigenvalue weighted by molar-refractivity contribution is 7.25. The molecule has 0 bridgehead atoms. The summed E-state index contributed by atoms with van der Waals surface area (Å²) in [6.07, 6.45) is 0. The van der Waals surface area contributed by atoms with Gasteiger partial charge in [-0.25, -0.2) is 4.98 Å². The highest BCUT2D eigenvalue weighted by Crippen LogP contribution is 2.31. The molecule has 2 aromatic heterocycles. The zero-order chi connectivity index (χ0) is 15.8. The van der Waals surface area contributed by atoms with Gasteiger partial charge in [0.2, 0.25) is 0 Å². The number of hydrogen-bond acceptors (Lipinski definition) is 5. The molecule has 0 atom stereocenters. The summed E-state index contributed by atoms with van der Waals surface area (Å²) in [6.45, 7) is 6.80. The van der Waals surface area contributed by atoms with E-state index < -0.39 is 0 Å². The Bertz CT molecular complexity index is 909. The van der Waals surface area contributed by atoms with Gasteiger partial charge in [0.25, 0.3) is 5.56 Å². The van der Waals surface area contributed by atoms with E-state index in [9.17, 15) is 4.79 Å². The van der Waals surface area contributed by atoms with Crippen LogP contribution < -0.4 is 5.56 Å². The fraction of sp³-hybridized carbons (Fsp3) is 0.412. The zero-order valence-corrected chi connectivity index (χ0v) is 13.9. The molecule has 3 aromatic rings. The van der Waals surface area contributed by atoms with E-state index in [1.54, 1.807) is 18.3 Å². The predicted octanol–water partition coefficient (Wildman–Crippen LogP) is 2.25. The van der Waals surface area contributed by atoms with Gasteiger partial charge < -0.3 is 9.30 Å². The molecule has 3 heterocycles. The van der Waals surface area contributed by atoms with Crippen LogP contribution in [0.5, 0.6) is 0 Å². The van der Waals surface area contributed by atoms with Crippen molar-refractivity contribution in [1.82, 2.24) is 14.5 Å². The normalized spacial score (nSPS) is 16.4. The van der Waals surface area contributed by atoms with E-state index in [0.717, 1.165) is 48.6 Å². The van der Waals surface area contributed by atoms with Crippen LogP contribution in [0.15, 0.2) is 29.1 Å². The Morgan fingerprint density at radius 1 is 1.22 bits per heavy atom. The molecule has 4 rings (SSSR count). The predicted molar refractivity (Wildman–Crippen MR) is 93.4 cm³/mol. The summed E-state index contributed by atoms with van der Waals surface area (Å²) in [5.74, 6) is 0. The maximum Gasteiger partial charge on any atom is 0.272 e. The molecule has 0 unspecified atom stereocenters. The summed E-state index contributed by atoms with van der Waals surface area (Å²) in [7, 11) is 0. The number of fused-ring (bicyclic) bond motifs is 3. The topological polar surface area (TPSA) is 47.4 Å². The number of ether oxygens (including phenoxy) is 1. The molecule has 0 saturated carbocycles. The first kappa shape index (κ1) is 14.8. The van der Waals surface area contributed by atoms with Gasteiger partial charge in [0.15, 0.2) is 0 Å².